The van der Waals surface area contributed by atoms with E-state index < -0.39 is 16.1 Å². The zero-order valence-electron chi connectivity index (χ0n) is 19.5. The topological polar surface area (TPSA) is 84.9 Å². The van der Waals surface area contributed by atoms with E-state index >= 15 is 0 Å². The molecule has 34 heavy (non-hydrogen) atoms. The molecule has 0 spiro atoms. The number of benzene rings is 3. The number of carbonyl (C=O) groups is 1. The number of methoxy groups -OCH3 is 1. The van der Waals surface area contributed by atoms with Crippen LogP contribution in [0.1, 0.15) is 32.6 Å². The van der Waals surface area contributed by atoms with E-state index in [1.165, 1.54) is 23.5 Å². The predicted molar refractivity (Wildman–Crippen MR) is 133 cm³/mol. The van der Waals surface area contributed by atoms with Gasteiger partial charge in [-0.25, -0.2) is 8.42 Å². The Morgan fingerprint density at radius 1 is 1.00 bits per heavy atom. The Morgan fingerprint density at radius 3 is 2.47 bits per heavy atom. The Hall–Kier alpha value is -3.10. The largest absolute Gasteiger partial charge is 0.495 e. The van der Waals surface area contributed by atoms with Gasteiger partial charge in [-0.2, -0.15) is 4.31 Å². The molecule has 8 heteroatoms. The fraction of sp³-hybridized carbons (Fsp3) is 0.346. The van der Waals surface area contributed by atoms with Crippen molar-refractivity contribution in [2.75, 3.05) is 25.5 Å². The summed E-state index contributed by atoms with van der Waals surface area (Å²) in [7, 11) is -2.17. The minimum Gasteiger partial charge on any atom is -0.495 e. The maximum absolute atomic E-state index is 13.2. The van der Waals surface area contributed by atoms with E-state index in [1.807, 2.05) is 49.4 Å². The highest BCUT2D eigenvalue weighted by atomic mass is 32.2. The molecule has 180 valence electrons. The second kappa shape index (κ2) is 10.4. The number of sulfonamides is 1. The van der Waals surface area contributed by atoms with Crippen LogP contribution in [0.3, 0.4) is 0 Å². The lowest BCUT2D eigenvalue weighted by Gasteiger charge is -2.26. The number of anilines is 1. The number of fused-ring (bicyclic) bond motifs is 1. The first kappa shape index (κ1) is 24.0. The lowest BCUT2D eigenvalue weighted by molar-refractivity contribution is -0.122. The summed E-state index contributed by atoms with van der Waals surface area (Å²) < 4.78 is 39.2. The summed E-state index contributed by atoms with van der Waals surface area (Å²) in [6, 6.07) is 18.1. The SMILES string of the molecule is CC[C@@H](Oc1cccc2ccccc12)C(=O)Nc1cc(S(=O)(=O)N2CCCCC2)ccc1OC. The Kier molecular flexibility index (Phi) is 7.38. The molecule has 4 rings (SSSR count). The molecule has 1 aliphatic rings. The van der Waals surface area contributed by atoms with E-state index in [0.29, 0.717) is 36.7 Å². The second-order valence-corrected chi connectivity index (χ2v) is 10.2. The van der Waals surface area contributed by atoms with Crippen LogP contribution in [0, 0.1) is 0 Å². The molecule has 1 aliphatic heterocycles. The molecule has 1 heterocycles. The van der Waals surface area contributed by atoms with Crippen LogP contribution in [-0.2, 0) is 14.8 Å². The van der Waals surface area contributed by atoms with Gasteiger partial charge in [-0.05, 0) is 48.9 Å². The molecule has 0 aliphatic carbocycles. The van der Waals surface area contributed by atoms with Gasteiger partial charge in [0.15, 0.2) is 6.10 Å². The third-order valence-electron chi connectivity index (χ3n) is 6.06. The predicted octanol–water partition coefficient (Wildman–Crippen LogP) is 4.82. The molecule has 1 N–H and O–H groups in total. The molecular weight excluding hydrogens is 452 g/mol. The Balaban J connectivity index is 1.57. The molecule has 7 nitrogen and oxygen atoms in total. The average Bonchev–Trinajstić information content (AvgIpc) is 2.87. The van der Waals surface area contributed by atoms with E-state index in [0.717, 1.165) is 30.0 Å². The molecule has 3 aromatic rings. The minimum absolute atomic E-state index is 0.133. The van der Waals surface area contributed by atoms with Crippen LogP contribution < -0.4 is 14.8 Å². The van der Waals surface area contributed by atoms with Gasteiger partial charge in [0.25, 0.3) is 5.91 Å². The zero-order chi connectivity index (χ0) is 24.1. The molecule has 3 aromatic carbocycles. The summed E-state index contributed by atoms with van der Waals surface area (Å²) >= 11 is 0. The third kappa shape index (κ3) is 5.03. The molecular formula is C26H30N2O5S. The van der Waals surface area contributed by atoms with Crippen molar-refractivity contribution in [3.05, 3.63) is 60.7 Å². The number of hydrogen-bond acceptors (Lipinski definition) is 5. The Bertz CT molecular complexity index is 1260. The first-order chi connectivity index (χ1) is 16.4. The summed E-state index contributed by atoms with van der Waals surface area (Å²) in [6.07, 6.45) is 2.40. The van der Waals surface area contributed by atoms with Crippen molar-refractivity contribution >= 4 is 32.4 Å². The number of nitrogens with one attached hydrogen (secondary N) is 1. The summed E-state index contributed by atoms with van der Waals surface area (Å²) in [6.45, 7) is 2.88. The first-order valence-corrected chi connectivity index (χ1v) is 13.0. The number of piperidine rings is 1. The average molecular weight is 483 g/mol. The number of rotatable bonds is 8. The highest BCUT2D eigenvalue weighted by Gasteiger charge is 2.28. The van der Waals surface area contributed by atoms with Crippen LogP contribution in [0.4, 0.5) is 5.69 Å². The maximum Gasteiger partial charge on any atom is 0.265 e. The van der Waals surface area contributed by atoms with Gasteiger partial charge in [0.1, 0.15) is 11.5 Å². The van der Waals surface area contributed by atoms with Gasteiger partial charge in [0, 0.05) is 18.5 Å². The van der Waals surface area contributed by atoms with Crippen molar-refractivity contribution in [3.63, 3.8) is 0 Å². The second-order valence-electron chi connectivity index (χ2n) is 8.31. The van der Waals surface area contributed by atoms with Crippen LogP contribution in [0.15, 0.2) is 65.6 Å². The standard InChI is InChI=1S/C26H30N2O5S/c1-3-23(33-24-13-9-11-19-10-5-6-12-21(19)24)26(29)27-22-18-20(14-15-25(22)32-2)34(30,31)28-16-7-4-8-17-28/h5-6,9-15,18,23H,3-4,7-8,16-17H2,1-2H3,(H,27,29)/t23-/m1/s1. The van der Waals surface area contributed by atoms with E-state index in [2.05, 4.69) is 5.32 Å². The molecule has 1 saturated heterocycles. The number of hydrogen-bond donors (Lipinski definition) is 1. The number of carbonyl (C=O) groups excluding carboxylic acids is 1. The number of nitrogens with zero attached hydrogens (tertiary/aromatic N) is 1. The van der Waals surface area contributed by atoms with Gasteiger partial charge in [-0.15, -0.1) is 0 Å². The molecule has 1 atom stereocenters. The van der Waals surface area contributed by atoms with E-state index in [1.54, 1.807) is 6.07 Å². The maximum atomic E-state index is 13.2. The molecule has 0 radical (unpaired) electrons. The van der Waals surface area contributed by atoms with Crippen molar-refractivity contribution in [1.29, 1.82) is 0 Å². The fourth-order valence-corrected chi connectivity index (χ4v) is 5.73. The van der Waals surface area contributed by atoms with Crippen molar-refractivity contribution in [3.8, 4) is 11.5 Å². The van der Waals surface area contributed by atoms with Gasteiger partial charge in [0.05, 0.1) is 17.7 Å². The minimum atomic E-state index is -3.65. The highest BCUT2D eigenvalue weighted by Crippen LogP contribution is 2.31. The summed E-state index contributed by atoms with van der Waals surface area (Å²) in [5, 5.41) is 4.77. The quantitative estimate of drug-likeness (QED) is 0.498. The van der Waals surface area contributed by atoms with Crippen molar-refractivity contribution in [1.82, 2.24) is 4.31 Å². The molecule has 0 aromatic heterocycles. The van der Waals surface area contributed by atoms with Crippen LogP contribution >= 0.6 is 0 Å². The molecule has 0 unspecified atom stereocenters. The van der Waals surface area contributed by atoms with E-state index in [4.69, 9.17) is 9.47 Å². The van der Waals surface area contributed by atoms with E-state index in [9.17, 15) is 13.2 Å². The lowest BCUT2D eigenvalue weighted by Crippen LogP contribution is -2.35. The molecule has 0 bridgehead atoms. The van der Waals surface area contributed by atoms with Gasteiger partial charge in [-0.1, -0.05) is 49.7 Å². The highest BCUT2D eigenvalue weighted by molar-refractivity contribution is 7.89. The number of ether oxygens (including phenoxy) is 2. The van der Waals surface area contributed by atoms with Gasteiger partial charge < -0.3 is 14.8 Å². The lowest BCUT2D eigenvalue weighted by atomic mass is 10.1. The normalized spacial score (nSPS) is 15.6. The number of amides is 1. The Labute approximate surface area is 200 Å². The van der Waals surface area contributed by atoms with Crippen molar-refractivity contribution in [2.24, 2.45) is 0 Å². The first-order valence-electron chi connectivity index (χ1n) is 11.6. The summed E-state index contributed by atoms with van der Waals surface area (Å²) in [4.78, 5) is 13.3. The smallest absolute Gasteiger partial charge is 0.265 e. The zero-order valence-corrected chi connectivity index (χ0v) is 20.3. The molecule has 1 amide bonds. The third-order valence-corrected chi connectivity index (χ3v) is 7.96. The van der Waals surface area contributed by atoms with Gasteiger partial charge in [-0.3, -0.25) is 4.79 Å². The van der Waals surface area contributed by atoms with Crippen LogP contribution in [0.5, 0.6) is 11.5 Å². The molecule has 1 fully saturated rings. The van der Waals surface area contributed by atoms with Crippen molar-refractivity contribution < 1.29 is 22.7 Å². The van der Waals surface area contributed by atoms with E-state index in [-0.39, 0.29) is 10.8 Å². The summed E-state index contributed by atoms with van der Waals surface area (Å²) in [5.74, 6) is 0.626. The van der Waals surface area contributed by atoms with Crippen molar-refractivity contribution in [2.45, 2.75) is 43.6 Å². The molecule has 0 saturated carbocycles. The monoisotopic (exact) mass is 482 g/mol. The fourth-order valence-electron chi connectivity index (χ4n) is 4.19. The Morgan fingerprint density at radius 2 is 1.74 bits per heavy atom. The summed E-state index contributed by atoms with van der Waals surface area (Å²) in [5.41, 5.74) is 0.297. The van der Waals surface area contributed by atoms with Gasteiger partial charge >= 0.3 is 0 Å². The van der Waals surface area contributed by atoms with Gasteiger partial charge in [0.2, 0.25) is 10.0 Å². The van der Waals surface area contributed by atoms with Crippen LogP contribution in [0.2, 0.25) is 0 Å². The van der Waals surface area contributed by atoms with Crippen LogP contribution in [-0.4, -0.2) is 44.9 Å². The van der Waals surface area contributed by atoms with Crippen LogP contribution in [0.25, 0.3) is 10.8 Å².